The minimum Gasteiger partial charge on any atom is -0.507 e. The first-order valence-electron chi connectivity index (χ1n) is 10.3. The van der Waals surface area contributed by atoms with E-state index in [4.69, 9.17) is 16.3 Å². The molecule has 2 fully saturated rings. The van der Waals surface area contributed by atoms with Gasteiger partial charge in [0.25, 0.3) is 11.7 Å². The molecule has 0 aromatic heterocycles. The number of hydrogen-bond acceptors (Lipinski definition) is 4. The van der Waals surface area contributed by atoms with Crippen LogP contribution in [0.4, 0.5) is 0 Å². The van der Waals surface area contributed by atoms with Crippen LogP contribution in [0.1, 0.15) is 49.8 Å². The molecule has 6 heteroatoms. The number of benzene rings is 2. The van der Waals surface area contributed by atoms with Gasteiger partial charge in [-0.15, -0.1) is 0 Å². The number of ketones is 1. The molecule has 1 atom stereocenters. The normalized spacial score (nSPS) is 21.4. The van der Waals surface area contributed by atoms with E-state index in [2.05, 4.69) is 0 Å². The Kier molecular flexibility index (Phi) is 5.82. The summed E-state index contributed by atoms with van der Waals surface area (Å²) in [7, 11) is 0. The van der Waals surface area contributed by atoms with Gasteiger partial charge in [0.1, 0.15) is 11.5 Å². The lowest BCUT2D eigenvalue weighted by Gasteiger charge is -2.30. The van der Waals surface area contributed by atoms with Gasteiger partial charge in [-0.1, -0.05) is 36.6 Å². The number of nitrogens with zero attached hydrogens (tertiary/aromatic N) is 1. The Hall–Kier alpha value is -2.79. The van der Waals surface area contributed by atoms with E-state index >= 15 is 0 Å². The molecule has 1 heterocycles. The molecule has 2 aromatic carbocycles. The first-order chi connectivity index (χ1) is 14.5. The van der Waals surface area contributed by atoms with Crippen molar-refractivity contribution in [2.24, 2.45) is 0 Å². The van der Waals surface area contributed by atoms with Crippen molar-refractivity contribution in [2.45, 2.75) is 44.7 Å². The predicted molar refractivity (Wildman–Crippen MR) is 115 cm³/mol. The molecule has 156 valence electrons. The quantitative estimate of drug-likeness (QED) is 0.411. The topological polar surface area (TPSA) is 66.8 Å². The van der Waals surface area contributed by atoms with E-state index < -0.39 is 17.7 Å². The Morgan fingerprint density at radius 3 is 2.30 bits per heavy atom. The molecular weight excluding hydrogens is 402 g/mol. The minimum atomic E-state index is -0.645. The molecule has 0 radical (unpaired) electrons. The fourth-order valence-electron chi connectivity index (χ4n) is 4.41. The standard InChI is InChI=1S/C24H24ClNO4/c1-2-30-19-13-9-15(10-14-19)21-20(22(27)16-7-11-17(25)12-8-16)23(28)24(29)26(21)18-5-3-4-6-18/h7-14,18,21,27H,2-6H2,1H3/b22-20-. The average Bonchev–Trinajstić information content (AvgIpc) is 3.36. The Morgan fingerprint density at radius 2 is 1.70 bits per heavy atom. The molecule has 30 heavy (non-hydrogen) atoms. The molecule has 1 aliphatic carbocycles. The second kappa shape index (κ2) is 8.52. The zero-order valence-corrected chi connectivity index (χ0v) is 17.6. The number of halogens is 1. The van der Waals surface area contributed by atoms with Crippen molar-refractivity contribution in [3.63, 3.8) is 0 Å². The largest absolute Gasteiger partial charge is 0.507 e. The highest BCUT2D eigenvalue weighted by atomic mass is 35.5. The number of aliphatic hydroxyl groups excluding tert-OH is 1. The summed E-state index contributed by atoms with van der Waals surface area (Å²) in [5.41, 5.74) is 1.36. The summed E-state index contributed by atoms with van der Waals surface area (Å²) < 4.78 is 5.53. The molecule has 1 aliphatic heterocycles. The van der Waals surface area contributed by atoms with Crippen LogP contribution < -0.4 is 4.74 Å². The maximum atomic E-state index is 13.0. The van der Waals surface area contributed by atoms with Crippen LogP contribution in [0, 0.1) is 0 Å². The lowest BCUT2D eigenvalue weighted by molar-refractivity contribution is -0.141. The number of aliphatic hydroxyl groups is 1. The predicted octanol–water partition coefficient (Wildman–Crippen LogP) is 5.10. The van der Waals surface area contributed by atoms with Crippen LogP contribution in [0.5, 0.6) is 5.75 Å². The zero-order chi connectivity index (χ0) is 21.3. The number of likely N-dealkylation sites (tertiary alicyclic amines) is 1. The van der Waals surface area contributed by atoms with E-state index in [1.165, 1.54) is 0 Å². The minimum absolute atomic E-state index is 0.00599. The van der Waals surface area contributed by atoms with Crippen molar-refractivity contribution >= 4 is 29.1 Å². The van der Waals surface area contributed by atoms with Gasteiger partial charge in [-0.25, -0.2) is 0 Å². The summed E-state index contributed by atoms with van der Waals surface area (Å²) in [5, 5.41) is 11.6. The van der Waals surface area contributed by atoms with Gasteiger partial charge in [0, 0.05) is 16.6 Å². The first kappa shape index (κ1) is 20.5. The number of amides is 1. The number of Topliss-reactive ketones (excluding diaryl/α,β-unsaturated/α-hetero) is 1. The van der Waals surface area contributed by atoms with Crippen molar-refractivity contribution in [3.8, 4) is 5.75 Å². The van der Waals surface area contributed by atoms with E-state index in [1.807, 2.05) is 31.2 Å². The van der Waals surface area contributed by atoms with Crippen molar-refractivity contribution in [1.29, 1.82) is 0 Å². The third kappa shape index (κ3) is 3.70. The van der Waals surface area contributed by atoms with Crippen LogP contribution in [-0.4, -0.2) is 34.3 Å². The summed E-state index contributed by atoms with van der Waals surface area (Å²) >= 11 is 5.96. The number of carbonyl (C=O) groups is 2. The maximum absolute atomic E-state index is 13.0. The van der Waals surface area contributed by atoms with E-state index in [-0.39, 0.29) is 17.4 Å². The van der Waals surface area contributed by atoms with Crippen molar-refractivity contribution < 1.29 is 19.4 Å². The van der Waals surface area contributed by atoms with Gasteiger partial charge >= 0.3 is 0 Å². The van der Waals surface area contributed by atoms with Gasteiger partial charge in [0.2, 0.25) is 0 Å². The molecule has 1 saturated carbocycles. The third-order valence-corrected chi connectivity index (χ3v) is 6.07. The fourth-order valence-corrected chi connectivity index (χ4v) is 4.54. The molecular formula is C24H24ClNO4. The van der Waals surface area contributed by atoms with Gasteiger partial charge in [-0.2, -0.15) is 0 Å². The summed E-state index contributed by atoms with van der Waals surface area (Å²) in [5.74, 6) is -0.647. The number of ether oxygens (including phenoxy) is 1. The molecule has 0 bridgehead atoms. The molecule has 0 spiro atoms. The van der Waals surface area contributed by atoms with Crippen LogP contribution in [0.25, 0.3) is 5.76 Å². The highest BCUT2D eigenvalue weighted by Gasteiger charge is 2.49. The molecule has 1 saturated heterocycles. The fraction of sp³-hybridized carbons (Fsp3) is 0.333. The van der Waals surface area contributed by atoms with E-state index in [1.54, 1.807) is 29.2 Å². The van der Waals surface area contributed by atoms with Crippen molar-refractivity contribution in [1.82, 2.24) is 4.90 Å². The van der Waals surface area contributed by atoms with E-state index in [0.29, 0.717) is 17.2 Å². The number of carbonyl (C=O) groups excluding carboxylic acids is 2. The Labute approximate surface area is 180 Å². The third-order valence-electron chi connectivity index (χ3n) is 5.82. The lowest BCUT2D eigenvalue weighted by atomic mass is 9.94. The number of rotatable bonds is 5. The summed E-state index contributed by atoms with van der Waals surface area (Å²) in [4.78, 5) is 27.8. The molecule has 1 unspecified atom stereocenters. The highest BCUT2D eigenvalue weighted by Crippen LogP contribution is 2.43. The van der Waals surface area contributed by atoms with Gasteiger partial charge in [-0.05, 0) is 61.7 Å². The Bertz CT molecular complexity index is 975. The van der Waals surface area contributed by atoms with Crippen molar-refractivity contribution in [2.75, 3.05) is 6.61 Å². The van der Waals surface area contributed by atoms with Crippen LogP contribution in [0.2, 0.25) is 5.02 Å². The van der Waals surface area contributed by atoms with Gasteiger partial charge < -0.3 is 14.7 Å². The molecule has 4 rings (SSSR count). The molecule has 5 nitrogen and oxygen atoms in total. The number of hydrogen-bond donors (Lipinski definition) is 1. The van der Waals surface area contributed by atoms with Crippen molar-refractivity contribution in [3.05, 3.63) is 70.3 Å². The summed E-state index contributed by atoms with van der Waals surface area (Å²) in [6.45, 7) is 2.46. The maximum Gasteiger partial charge on any atom is 0.295 e. The van der Waals surface area contributed by atoms with Crippen LogP contribution in [0.15, 0.2) is 54.1 Å². The average molecular weight is 426 g/mol. The molecule has 1 N–H and O–H groups in total. The lowest BCUT2D eigenvalue weighted by Crippen LogP contribution is -2.37. The summed E-state index contributed by atoms with van der Waals surface area (Å²) in [6.07, 6.45) is 3.78. The van der Waals surface area contributed by atoms with Crippen LogP contribution >= 0.6 is 11.6 Å². The molecule has 2 aliphatic rings. The highest BCUT2D eigenvalue weighted by molar-refractivity contribution is 6.46. The Balaban J connectivity index is 1.83. The van der Waals surface area contributed by atoms with Gasteiger partial charge in [0.15, 0.2) is 0 Å². The first-order valence-corrected chi connectivity index (χ1v) is 10.7. The van der Waals surface area contributed by atoms with E-state index in [9.17, 15) is 14.7 Å². The van der Waals surface area contributed by atoms with Gasteiger partial charge in [-0.3, -0.25) is 9.59 Å². The second-order valence-electron chi connectivity index (χ2n) is 7.65. The summed E-state index contributed by atoms with van der Waals surface area (Å²) in [6, 6.07) is 13.3. The van der Waals surface area contributed by atoms with Crippen LogP contribution in [0.3, 0.4) is 0 Å². The second-order valence-corrected chi connectivity index (χ2v) is 8.09. The molecule has 1 amide bonds. The monoisotopic (exact) mass is 425 g/mol. The zero-order valence-electron chi connectivity index (χ0n) is 16.8. The molecule has 2 aromatic rings. The van der Waals surface area contributed by atoms with E-state index in [0.717, 1.165) is 37.0 Å². The SMILES string of the molecule is CCOc1ccc(C2/C(=C(/O)c3ccc(Cl)cc3)C(=O)C(=O)N2C2CCCC2)cc1. The smallest absolute Gasteiger partial charge is 0.295 e. The Morgan fingerprint density at radius 1 is 1.07 bits per heavy atom. The van der Waals surface area contributed by atoms with Crippen LogP contribution in [-0.2, 0) is 9.59 Å². The van der Waals surface area contributed by atoms with Gasteiger partial charge in [0.05, 0.1) is 18.2 Å².